The highest BCUT2D eigenvalue weighted by Gasteiger charge is 2.24. The van der Waals surface area contributed by atoms with Crippen LogP contribution in [0.1, 0.15) is 18.2 Å². The molecule has 122 valence electrons. The summed E-state index contributed by atoms with van der Waals surface area (Å²) in [4.78, 5) is 17.5. The fourth-order valence-electron chi connectivity index (χ4n) is 2.19. The lowest BCUT2D eigenvalue weighted by Gasteiger charge is -2.35. The molecule has 2 N–H and O–H groups in total. The molecular formula is C13H22Cl3N3OS. The van der Waals surface area contributed by atoms with Gasteiger partial charge in [-0.2, -0.15) is 0 Å². The second-order valence-corrected chi connectivity index (χ2v) is 6.62. The molecule has 2 rings (SSSR count). The molecule has 0 unspecified atom stereocenters. The topological polar surface area (TPSA) is 49.6 Å². The molecule has 2 heterocycles. The number of nitrogens with zero attached hydrogens (tertiary/aromatic N) is 2. The predicted molar refractivity (Wildman–Crippen MR) is 93.9 cm³/mol. The van der Waals surface area contributed by atoms with Gasteiger partial charge < -0.3 is 10.6 Å². The zero-order valence-corrected chi connectivity index (χ0v) is 15.2. The molecule has 0 radical (unpaired) electrons. The van der Waals surface area contributed by atoms with E-state index in [1.807, 2.05) is 17.9 Å². The quantitative estimate of drug-likeness (QED) is 0.881. The number of hydrogen-bond donors (Lipinski definition) is 1. The molecule has 4 nitrogen and oxygen atoms in total. The number of thiophene rings is 1. The zero-order chi connectivity index (χ0) is 13.8. The van der Waals surface area contributed by atoms with Crippen molar-refractivity contribution in [3.05, 3.63) is 21.3 Å². The minimum Gasteiger partial charge on any atom is -0.339 e. The normalized spacial score (nSPS) is 16.8. The van der Waals surface area contributed by atoms with Crippen LogP contribution in [0.4, 0.5) is 0 Å². The number of hydrogen-bond acceptors (Lipinski definition) is 4. The second kappa shape index (κ2) is 9.87. The molecule has 1 aliphatic heterocycles. The van der Waals surface area contributed by atoms with Crippen molar-refractivity contribution in [1.82, 2.24) is 9.80 Å². The van der Waals surface area contributed by atoms with E-state index < -0.39 is 0 Å². The molecule has 1 fully saturated rings. The van der Waals surface area contributed by atoms with Crippen LogP contribution in [0, 0.1) is 0 Å². The molecule has 0 aliphatic carbocycles. The Bertz CT molecular complexity index is 436. The van der Waals surface area contributed by atoms with Gasteiger partial charge in [0.15, 0.2) is 0 Å². The molecule has 1 aromatic rings. The fourth-order valence-corrected chi connectivity index (χ4v) is 3.32. The van der Waals surface area contributed by atoms with Crippen molar-refractivity contribution in [2.24, 2.45) is 5.73 Å². The molecule has 0 spiro atoms. The van der Waals surface area contributed by atoms with E-state index in [0.717, 1.165) is 37.1 Å². The number of piperazine rings is 1. The van der Waals surface area contributed by atoms with Crippen LogP contribution in [0.2, 0.25) is 4.34 Å². The molecule has 0 aromatic carbocycles. The standard InChI is InChI=1S/C13H20ClN3OS.2ClH/c1-2-11(15)13(18)17-7-5-16(6-8-17)9-10-3-4-12(14)19-10;;/h3-4,11H,2,5-9,15H2,1H3;2*1H/t11-;;/m0../s1. The van der Waals surface area contributed by atoms with Gasteiger partial charge in [0, 0.05) is 37.6 Å². The Balaban J connectivity index is 0.00000200. The van der Waals surface area contributed by atoms with Crippen LogP contribution >= 0.6 is 47.8 Å². The predicted octanol–water partition coefficient (Wildman–Crippen LogP) is 2.63. The summed E-state index contributed by atoms with van der Waals surface area (Å²) in [6, 6.07) is 3.65. The molecule has 1 atom stereocenters. The maximum atomic E-state index is 12.0. The average Bonchev–Trinajstić information content (AvgIpc) is 2.83. The summed E-state index contributed by atoms with van der Waals surface area (Å²) in [6.45, 7) is 6.20. The smallest absolute Gasteiger partial charge is 0.239 e. The summed E-state index contributed by atoms with van der Waals surface area (Å²) in [5, 5.41) is 0. The number of nitrogens with two attached hydrogens (primary N) is 1. The van der Waals surface area contributed by atoms with E-state index in [1.54, 1.807) is 11.3 Å². The molecule has 1 saturated heterocycles. The largest absolute Gasteiger partial charge is 0.339 e. The molecule has 1 amide bonds. The number of halogens is 3. The lowest BCUT2D eigenvalue weighted by molar-refractivity contribution is -0.134. The first-order valence-corrected chi connectivity index (χ1v) is 7.80. The van der Waals surface area contributed by atoms with Gasteiger partial charge in [-0.25, -0.2) is 0 Å². The van der Waals surface area contributed by atoms with Gasteiger partial charge in [-0.15, -0.1) is 36.2 Å². The van der Waals surface area contributed by atoms with E-state index >= 15 is 0 Å². The van der Waals surface area contributed by atoms with E-state index in [4.69, 9.17) is 17.3 Å². The first-order valence-electron chi connectivity index (χ1n) is 6.61. The lowest BCUT2D eigenvalue weighted by atomic mass is 10.2. The minimum atomic E-state index is -0.345. The van der Waals surface area contributed by atoms with Crippen molar-refractivity contribution in [2.45, 2.75) is 25.9 Å². The van der Waals surface area contributed by atoms with Crippen molar-refractivity contribution in [1.29, 1.82) is 0 Å². The van der Waals surface area contributed by atoms with Gasteiger partial charge in [-0.1, -0.05) is 18.5 Å². The van der Waals surface area contributed by atoms with Crippen molar-refractivity contribution < 1.29 is 4.79 Å². The molecular weight excluding hydrogens is 353 g/mol. The Labute approximate surface area is 147 Å². The summed E-state index contributed by atoms with van der Waals surface area (Å²) in [7, 11) is 0. The first-order chi connectivity index (χ1) is 9.10. The van der Waals surface area contributed by atoms with Crippen LogP contribution < -0.4 is 5.73 Å². The third kappa shape index (κ3) is 5.93. The third-order valence-corrected chi connectivity index (χ3v) is 4.67. The van der Waals surface area contributed by atoms with Crippen LogP contribution in [-0.4, -0.2) is 47.9 Å². The Morgan fingerprint density at radius 3 is 2.43 bits per heavy atom. The minimum absolute atomic E-state index is 0. The highest BCUT2D eigenvalue weighted by molar-refractivity contribution is 7.16. The number of carbonyl (C=O) groups is 1. The van der Waals surface area contributed by atoms with Crippen LogP contribution in [0.15, 0.2) is 12.1 Å². The molecule has 1 aromatic heterocycles. The maximum absolute atomic E-state index is 12.0. The monoisotopic (exact) mass is 373 g/mol. The number of carbonyl (C=O) groups excluding carboxylic acids is 1. The van der Waals surface area contributed by atoms with Crippen molar-refractivity contribution >= 4 is 53.7 Å². The van der Waals surface area contributed by atoms with Crippen molar-refractivity contribution in [2.75, 3.05) is 26.2 Å². The lowest BCUT2D eigenvalue weighted by Crippen LogP contribution is -2.52. The zero-order valence-electron chi connectivity index (χ0n) is 12.0. The summed E-state index contributed by atoms with van der Waals surface area (Å²) in [6.07, 6.45) is 0.701. The van der Waals surface area contributed by atoms with E-state index in [0.29, 0.717) is 6.42 Å². The second-order valence-electron chi connectivity index (χ2n) is 4.82. The van der Waals surface area contributed by atoms with Crippen molar-refractivity contribution in [3.63, 3.8) is 0 Å². The van der Waals surface area contributed by atoms with Crippen LogP contribution in [0.25, 0.3) is 0 Å². The third-order valence-electron chi connectivity index (χ3n) is 3.45. The van der Waals surface area contributed by atoms with Gasteiger partial charge >= 0.3 is 0 Å². The summed E-state index contributed by atoms with van der Waals surface area (Å²) in [5.41, 5.74) is 5.79. The van der Waals surface area contributed by atoms with E-state index in [9.17, 15) is 4.79 Å². The summed E-state index contributed by atoms with van der Waals surface area (Å²) >= 11 is 7.55. The summed E-state index contributed by atoms with van der Waals surface area (Å²) in [5.74, 6) is 0.0846. The van der Waals surface area contributed by atoms with E-state index in [2.05, 4.69) is 11.0 Å². The van der Waals surface area contributed by atoms with Gasteiger partial charge in [0.25, 0.3) is 0 Å². The highest BCUT2D eigenvalue weighted by atomic mass is 35.5. The Morgan fingerprint density at radius 1 is 1.33 bits per heavy atom. The van der Waals surface area contributed by atoms with E-state index in [1.165, 1.54) is 4.88 Å². The molecule has 21 heavy (non-hydrogen) atoms. The van der Waals surface area contributed by atoms with Gasteiger partial charge in [0.05, 0.1) is 10.4 Å². The fraction of sp³-hybridized carbons (Fsp3) is 0.615. The average molecular weight is 375 g/mol. The number of rotatable bonds is 4. The number of amides is 1. The molecule has 1 aliphatic rings. The van der Waals surface area contributed by atoms with Gasteiger partial charge in [-0.05, 0) is 18.6 Å². The molecule has 0 bridgehead atoms. The Kier molecular flexibility index (Phi) is 9.85. The van der Waals surface area contributed by atoms with Gasteiger partial charge in [-0.3, -0.25) is 9.69 Å². The maximum Gasteiger partial charge on any atom is 0.239 e. The van der Waals surface area contributed by atoms with Crippen molar-refractivity contribution in [3.8, 4) is 0 Å². The SMILES string of the molecule is CC[C@H](N)C(=O)N1CCN(Cc2ccc(Cl)s2)CC1.Cl.Cl. The van der Waals surface area contributed by atoms with Crippen LogP contribution in [-0.2, 0) is 11.3 Å². The van der Waals surface area contributed by atoms with Gasteiger partial charge in [0.1, 0.15) is 0 Å². The van der Waals surface area contributed by atoms with Crippen LogP contribution in [0.5, 0.6) is 0 Å². The van der Waals surface area contributed by atoms with Crippen LogP contribution in [0.3, 0.4) is 0 Å². The molecule has 0 saturated carbocycles. The van der Waals surface area contributed by atoms with Gasteiger partial charge in [0.2, 0.25) is 5.91 Å². The molecule has 8 heteroatoms. The van der Waals surface area contributed by atoms with E-state index in [-0.39, 0.29) is 36.8 Å². The highest BCUT2D eigenvalue weighted by Crippen LogP contribution is 2.23. The Morgan fingerprint density at radius 2 is 1.95 bits per heavy atom. The summed E-state index contributed by atoms with van der Waals surface area (Å²) < 4.78 is 0.831. The first kappa shape index (κ1) is 21.0. The Hall–Kier alpha value is -0.0400.